The van der Waals surface area contributed by atoms with Crippen molar-refractivity contribution in [3.8, 4) is 0 Å². The molecule has 1 heteroatoms. The summed E-state index contributed by atoms with van der Waals surface area (Å²) in [5.41, 5.74) is 0.796. The first kappa shape index (κ1) is 13.3. The highest BCUT2D eigenvalue weighted by molar-refractivity contribution is 4.84. The number of rotatable bonds is 2. The van der Waals surface area contributed by atoms with Crippen molar-refractivity contribution in [1.82, 2.24) is 0 Å². The van der Waals surface area contributed by atoms with Gasteiger partial charge in [0.25, 0.3) is 0 Å². The predicted molar refractivity (Wildman–Crippen MR) is 51.7 cm³/mol. The van der Waals surface area contributed by atoms with Gasteiger partial charge in [0.15, 0.2) is 0 Å². The van der Waals surface area contributed by atoms with E-state index in [1.165, 1.54) is 5.57 Å². The van der Waals surface area contributed by atoms with Gasteiger partial charge in [0, 0.05) is 0 Å². The van der Waals surface area contributed by atoms with E-state index in [0.717, 1.165) is 12.8 Å². The molecular weight excluding hydrogens is 136 g/mol. The Balaban J connectivity index is 0. The third-order valence-corrected chi connectivity index (χ3v) is 1.47. The van der Waals surface area contributed by atoms with E-state index in [1.807, 2.05) is 13.8 Å². The Labute approximate surface area is 71.1 Å². The van der Waals surface area contributed by atoms with Crippen molar-refractivity contribution in [2.24, 2.45) is 0 Å². The molecule has 0 atom stereocenters. The van der Waals surface area contributed by atoms with Gasteiger partial charge in [0.2, 0.25) is 0 Å². The summed E-state index contributed by atoms with van der Waals surface area (Å²) in [6.45, 7) is 13.4. The minimum atomic E-state index is -0.458. The predicted octanol–water partition coefficient (Wildman–Crippen LogP) is 3.14. The first-order valence-electron chi connectivity index (χ1n) is 4.20. The molecule has 0 saturated carbocycles. The van der Waals surface area contributed by atoms with E-state index in [9.17, 15) is 0 Å². The molecule has 0 bridgehead atoms. The Morgan fingerprint density at radius 3 is 1.55 bits per heavy atom. The Hall–Kier alpha value is -0.300. The Kier molecular flexibility index (Phi) is 7.75. The van der Waals surface area contributed by atoms with Gasteiger partial charge in [-0.3, -0.25) is 0 Å². The average Bonchev–Trinajstić information content (AvgIpc) is 1.88. The van der Waals surface area contributed by atoms with Gasteiger partial charge in [-0.2, -0.15) is 0 Å². The van der Waals surface area contributed by atoms with Gasteiger partial charge < -0.3 is 5.11 Å². The van der Waals surface area contributed by atoms with Crippen LogP contribution in [0.25, 0.3) is 0 Å². The zero-order chi connectivity index (χ0) is 9.49. The largest absolute Gasteiger partial charge is 0.390 e. The van der Waals surface area contributed by atoms with Crippen molar-refractivity contribution in [2.45, 2.75) is 53.1 Å². The van der Waals surface area contributed by atoms with Crippen LogP contribution in [0.5, 0.6) is 0 Å². The fourth-order valence-electron chi connectivity index (χ4n) is 0. The first-order chi connectivity index (χ1) is 4.83. The Morgan fingerprint density at radius 2 is 1.55 bits per heavy atom. The van der Waals surface area contributed by atoms with Crippen LogP contribution in [-0.4, -0.2) is 10.7 Å². The van der Waals surface area contributed by atoms with E-state index < -0.39 is 5.60 Å². The maximum absolute atomic E-state index is 8.83. The van der Waals surface area contributed by atoms with E-state index in [-0.39, 0.29) is 0 Å². The summed E-state index contributed by atoms with van der Waals surface area (Å²) in [7, 11) is 0. The fourth-order valence-corrected chi connectivity index (χ4v) is 0. The molecule has 0 aromatic carbocycles. The maximum Gasteiger partial charge on any atom is 0.0589 e. The zero-order valence-electron chi connectivity index (χ0n) is 8.57. The van der Waals surface area contributed by atoms with Crippen LogP contribution in [0.15, 0.2) is 12.2 Å². The maximum atomic E-state index is 8.83. The topological polar surface area (TPSA) is 20.2 Å². The van der Waals surface area contributed by atoms with Crippen LogP contribution in [0.3, 0.4) is 0 Å². The van der Waals surface area contributed by atoms with Gasteiger partial charge in [-0.15, -0.1) is 6.58 Å². The van der Waals surface area contributed by atoms with Crippen molar-refractivity contribution in [2.75, 3.05) is 0 Å². The van der Waals surface area contributed by atoms with Crippen molar-refractivity contribution >= 4 is 0 Å². The highest BCUT2D eigenvalue weighted by Gasteiger charge is 2.05. The summed E-state index contributed by atoms with van der Waals surface area (Å²) in [6.07, 6.45) is 1.94. The van der Waals surface area contributed by atoms with Crippen molar-refractivity contribution in [3.63, 3.8) is 0 Å². The van der Waals surface area contributed by atoms with Gasteiger partial charge >= 0.3 is 0 Å². The second kappa shape index (κ2) is 6.41. The third-order valence-electron chi connectivity index (χ3n) is 1.47. The minimum absolute atomic E-state index is 0.458. The molecule has 0 spiro atoms. The molecule has 0 amide bonds. The summed E-state index contributed by atoms with van der Waals surface area (Å²) in [6, 6.07) is 0. The number of allylic oxidation sites excluding steroid dienone is 1. The molecule has 0 unspecified atom stereocenters. The smallest absolute Gasteiger partial charge is 0.0589 e. The van der Waals surface area contributed by atoms with E-state index in [4.69, 9.17) is 5.11 Å². The molecule has 0 aliphatic heterocycles. The molecule has 11 heavy (non-hydrogen) atoms. The second-order valence-electron chi connectivity index (χ2n) is 3.48. The lowest BCUT2D eigenvalue weighted by Gasteiger charge is -2.11. The van der Waals surface area contributed by atoms with Gasteiger partial charge in [0.05, 0.1) is 5.60 Å². The summed E-state index contributed by atoms with van der Waals surface area (Å²) in [5, 5.41) is 8.83. The van der Waals surface area contributed by atoms with Crippen molar-refractivity contribution in [1.29, 1.82) is 0 Å². The molecule has 0 fully saturated rings. The van der Waals surface area contributed by atoms with Gasteiger partial charge in [-0.05, 0) is 33.6 Å². The van der Waals surface area contributed by atoms with Gasteiger partial charge in [0.1, 0.15) is 0 Å². The fraction of sp³-hybridized carbons (Fsp3) is 0.800. The molecule has 0 saturated heterocycles. The van der Waals surface area contributed by atoms with E-state index in [0.29, 0.717) is 0 Å². The van der Waals surface area contributed by atoms with Crippen LogP contribution in [0.2, 0.25) is 0 Å². The third kappa shape index (κ3) is 26.0. The molecule has 0 aliphatic rings. The molecule has 0 rings (SSSR count). The molecular formula is C10H22O. The van der Waals surface area contributed by atoms with Crippen LogP contribution >= 0.6 is 0 Å². The molecule has 0 aromatic rings. The van der Waals surface area contributed by atoms with E-state index in [2.05, 4.69) is 13.5 Å². The quantitative estimate of drug-likeness (QED) is 0.612. The Bertz CT molecular complexity index is 97.9. The lowest BCUT2D eigenvalue weighted by Crippen LogP contribution is -2.15. The second-order valence-corrected chi connectivity index (χ2v) is 3.48. The monoisotopic (exact) mass is 158 g/mol. The lowest BCUT2D eigenvalue weighted by molar-refractivity contribution is 0.0765. The van der Waals surface area contributed by atoms with Gasteiger partial charge in [-0.1, -0.05) is 19.4 Å². The number of hydrogen-bond donors (Lipinski definition) is 1. The number of aliphatic hydroxyl groups is 1. The van der Waals surface area contributed by atoms with Gasteiger partial charge in [-0.25, -0.2) is 0 Å². The summed E-state index contributed by atoms with van der Waals surface area (Å²) >= 11 is 0. The standard InChI is InChI=1S/C5H12O.C5H10/c1-4-5(2,3)6;1-4-5(2)3/h6H,4H2,1-3H3;2,4H2,1,3H3. The molecule has 0 heterocycles. The van der Waals surface area contributed by atoms with Crippen LogP contribution in [0.1, 0.15) is 47.5 Å². The average molecular weight is 158 g/mol. The highest BCUT2D eigenvalue weighted by atomic mass is 16.3. The minimum Gasteiger partial charge on any atom is -0.390 e. The normalized spacial score (nSPS) is 10.0. The van der Waals surface area contributed by atoms with Crippen LogP contribution in [-0.2, 0) is 0 Å². The Morgan fingerprint density at radius 1 is 1.36 bits per heavy atom. The molecule has 1 nitrogen and oxygen atoms in total. The van der Waals surface area contributed by atoms with E-state index in [1.54, 1.807) is 13.8 Å². The molecule has 0 radical (unpaired) electrons. The molecule has 68 valence electrons. The molecule has 0 aliphatic carbocycles. The van der Waals surface area contributed by atoms with Crippen LogP contribution in [0.4, 0.5) is 0 Å². The summed E-state index contributed by atoms with van der Waals surface area (Å²) in [5.74, 6) is 0. The summed E-state index contributed by atoms with van der Waals surface area (Å²) < 4.78 is 0. The summed E-state index contributed by atoms with van der Waals surface area (Å²) in [4.78, 5) is 0. The number of hydrogen-bond acceptors (Lipinski definition) is 1. The van der Waals surface area contributed by atoms with Crippen molar-refractivity contribution < 1.29 is 5.11 Å². The van der Waals surface area contributed by atoms with Crippen LogP contribution in [0, 0.1) is 0 Å². The zero-order valence-corrected chi connectivity index (χ0v) is 8.57. The van der Waals surface area contributed by atoms with E-state index >= 15 is 0 Å². The molecule has 1 N–H and O–H groups in total. The van der Waals surface area contributed by atoms with Crippen LogP contribution < -0.4 is 0 Å². The first-order valence-corrected chi connectivity index (χ1v) is 4.20. The lowest BCUT2D eigenvalue weighted by atomic mass is 10.1. The highest BCUT2D eigenvalue weighted by Crippen LogP contribution is 2.03. The SMILES string of the molecule is C=C(C)CC.CCC(C)(C)O. The molecule has 0 aromatic heterocycles. The van der Waals surface area contributed by atoms with Crippen molar-refractivity contribution in [3.05, 3.63) is 12.2 Å².